The molecule has 0 aliphatic rings. The van der Waals surface area contributed by atoms with Crippen molar-refractivity contribution in [3.8, 4) is 0 Å². The molecule has 1 aromatic carbocycles. The van der Waals surface area contributed by atoms with Crippen LogP contribution in [0.1, 0.15) is 5.01 Å². The Kier molecular flexibility index (Phi) is 2.98. The predicted molar refractivity (Wildman–Crippen MR) is 73.1 cm³/mol. The third kappa shape index (κ3) is 2.22. The fourth-order valence-corrected chi connectivity index (χ4v) is 2.37. The zero-order valence-corrected chi connectivity index (χ0v) is 10.9. The minimum atomic E-state index is 0.660. The summed E-state index contributed by atoms with van der Waals surface area (Å²) in [5.41, 5.74) is 1.72. The average Bonchev–Trinajstić information content (AvgIpc) is 3.04. The Bertz CT molecular complexity index is 600. The lowest BCUT2D eigenvalue weighted by Gasteiger charge is -2.12. The Morgan fingerprint density at radius 3 is 3.00 bits per heavy atom. The van der Waals surface area contributed by atoms with E-state index in [4.69, 9.17) is 4.42 Å². The Balaban J connectivity index is 1.73. The maximum atomic E-state index is 5.70. The lowest BCUT2D eigenvalue weighted by atomic mass is 10.3. The second kappa shape index (κ2) is 4.78. The first-order valence-corrected chi connectivity index (χ1v) is 6.66. The van der Waals surface area contributed by atoms with Gasteiger partial charge >= 0.3 is 0 Å². The minimum absolute atomic E-state index is 0.660. The molecule has 0 saturated carbocycles. The van der Waals surface area contributed by atoms with Gasteiger partial charge < -0.3 is 9.32 Å². The summed E-state index contributed by atoms with van der Waals surface area (Å²) < 4.78 is 5.70. The average molecular weight is 259 g/mol. The number of thiazole rings is 1. The zero-order chi connectivity index (χ0) is 12.4. The summed E-state index contributed by atoms with van der Waals surface area (Å²) in [6, 6.07) is 8.46. The van der Waals surface area contributed by atoms with Gasteiger partial charge in [-0.1, -0.05) is 12.1 Å². The number of rotatable bonds is 4. The van der Waals surface area contributed by atoms with Gasteiger partial charge in [0.15, 0.2) is 5.58 Å². The highest BCUT2D eigenvalue weighted by Crippen LogP contribution is 2.20. The summed E-state index contributed by atoms with van der Waals surface area (Å²) >= 11 is 1.68. The molecule has 0 aliphatic carbocycles. The van der Waals surface area contributed by atoms with Crippen LogP contribution in [0, 0.1) is 0 Å². The van der Waals surface area contributed by atoms with E-state index in [2.05, 4.69) is 9.97 Å². The molecule has 3 aromatic rings. The quantitative estimate of drug-likeness (QED) is 0.722. The predicted octanol–water partition coefficient (Wildman–Crippen LogP) is 2.96. The van der Waals surface area contributed by atoms with Gasteiger partial charge in [-0.15, -0.1) is 11.3 Å². The lowest BCUT2D eigenvalue weighted by molar-refractivity contribution is 0.583. The third-order valence-electron chi connectivity index (χ3n) is 2.75. The summed E-state index contributed by atoms with van der Waals surface area (Å²) in [7, 11) is 1.98. The zero-order valence-electron chi connectivity index (χ0n) is 10.0. The first-order chi connectivity index (χ1) is 8.83. The second-order valence-corrected chi connectivity index (χ2v) is 5.04. The molecule has 18 heavy (non-hydrogen) atoms. The van der Waals surface area contributed by atoms with E-state index in [9.17, 15) is 0 Å². The third-order valence-corrected chi connectivity index (χ3v) is 3.59. The number of nitrogens with zero attached hydrogens (tertiary/aromatic N) is 3. The van der Waals surface area contributed by atoms with Crippen molar-refractivity contribution >= 4 is 28.5 Å². The molecule has 2 aromatic heterocycles. The van der Waals surface area contributed by atoms with Gasteiger partial charge in [-0.05, 0) is 12.1 Å². The summed E-state index contributed by atoms with van der Waals surface area (Å²) in [6.07, 6.45) is 2.74. The fourth-order valence-electron chi connectivity index (χ4n) is 1.76. The van der Waals surface area contributed by atoms with Crippen molar-refractivity contribution in [2.24, 2.45) is 0 Å². The van der Waals surface area contributed by atoms with Crippen LogP contribution in [-0.2, 0) is 6.42 Å². The van der Waals surface area contributed by atoms with Crippen molar-refractivity contribution in [2.75, 3.05) is 18.5 Å². The van der Waals surface area contributed by atoms with Gasteiger partial charge in [0.05, 0.1) is 5.01 Å². The summed E-state index contributed by atoms with van der Waals surface area (Å²) in [5.74, 6) is 0. The molecule has 3 rings (SSSR count). The van der Waals surface area contributed by atoms with Crippen molar-refractivity contribution in [3.05, 3.63) is 40.8 Å². The summed E-state index contributed by atoms with van der Waals surface area (Å²) in [5, 5.41) is 3.13. The molecule has 0 radical (unpaired) electrons. The molecule has 2 heterocycles. The van der Waals surface area contributed by atoms with Crippen LogP contribution in [0.5, 0.6) is 0 Å². The van der Waals surface area contributed by atoms with E-state index in [-0.39, 0.29) is 0 Å². The smallest absolute Gasteiger partial charge is 0.298 e. The van der Waals surface area contributed by atoms with Gasteiger partial charge in [0, 0.05) is 31.6 Å². The highest BCUT2D eigenvalue weighted by Gasteiger charge is 2.10. The van der Waals surface area contributed by atoms with E-state index >= 15 is 0 Å². The van der Waals surface area contributed by atoms with Crippen LogP contribution in [0.4, 0.5) is 6.01 Å². The van der Waals surface area contributed by atoms with E-state index in [1.54, 1.807) is 11.3 Å². The molecule has 0 aliphatic heterocycles. The van der Waals surface area contributed by atoms with Crippen LogP contribution in [0.3, 0.4) is 0 Å². The summed E-state index contributed by atoms with van der Waals surface area (Å²) in [4.78, 5) is 10.7. The summed E-state index contributed by atoms with van der Waals surface area (Å²) in [6.45, 7) is 0.848. The number of para-hydroxylation sites is 2. The van der Waals surface area contributed by atoms with Gasteiger partial charge in [-0.3, -0.25) is 0 Å². The SMILES string of the molecule is CN(CCc1nccs1)c1nc2ccccc2o1. The first-order valence-electron chi connectivity index (χ1n) is 5.78. The molecule has 0 amide bonds. The van der Waals surface area contributed by atoms with E-state index in [1.807, 2.05) is 47.8 Å². The number of fused-ring (bicyclic) bond motifs is 1. The minimum Gasteiger partial charge on any atom is -0.423 e. The van der Waals surface area contributed by atoms with Crippen molar-refractivity contribution in [2.45, 2.75) is 6.42 Å². The standard InChI is InChI=1S/C13H13N3OS/c1-16(8-6-12-14-7-9-18-12)13-15-10-4-2-3-5-11(10)17-13/h2-5,7,9H,6,8H2,1H3. The maximum absolute atomic E-state index is 5.70. The van der Waals surface area contributed by atoms with E-state index in [0.717, 1.165) is 29.1 Å². The molecule has 4 nitrogen and oxygen atoms in total. The van der Waals surface area contributed by atoms with Gasteiger partial charge in [0.1, 0.15) is 5.52 Å². The number of hydrogen-bond donors (Lipinski definition) is 0. The fraction of sp³-hybridized carbons (Fsp3) is 0.231. The highest BCUT2D eigenvalue weighted by atomic mass is 32.1. The molecule has 0 N–H and O–H groups in total. The van der Waals surface area contributed by atoms with Crippen LogP contribution < -0.4 is 4.90 Å². The van der Waals surface area contributed by atoms with Gasteiger partial charge in [0.2, 0.25) is 0 Å². The Hall–Kier alpha value is -1.88. The number of anilines is 1. The van der Waals surface area contributed by atoms with Crippen molar-refractivity contribution < 1.29 is 4.42 Å². The monoisotopic (exact) mass is 259 g/mol. The van der Waals surface area contributed by atoms with Gasteiger partial charge in [-0.2, -0.15) is 4.98 Å². The first kappa shape index (κ1) is 11.2. The Morgan fingerprint density at radius 2 is 2.22 bits per heavy atom. The van der Waals surface area contributed by atoms with Crippen LogP contribution >= 0.6 is 11.3 Å². The van der Waals surface area contributed by atoms with Crippen LogP contribution in [-0.4, -0.2) is 23.6 Å². The maximum Gasteiger partial charge on any atom is 0.298 e. The molecule has 0 saturated heterocycles. The molecule has 0 bridgehead atoms. The number of benzene rings is 1. The normalized spacial score (nSPS) is 10.9. The molecule has 0 atom stereocenters. The topological polar surface area (TPSA) is 42.2 Å². The van der Waals surface area contributed by atoms with Crippen molar-refractivity contribution in [3.63, 3.8) is 0 Å². The molecule has 5 heteroatoms. The largest absolute Gasteiger partial charge is 0.423 e. The number of oxazole rings is 1. The van der Waals surface area contributed by atoms with Gasteiger partial charge in [-0.25, -0.2) is 4.98 Å². The number of hydrogen-bond acceptors (Lipinski definition) is 5. The van der Waals surface area contributed by atoms with Crippen LogP contribution in [0.2, 0.25) is 0 Å². The molecule has 0 unspecified atom stereocenters. The molecule has 92 valence electrons. The second-order valence-electron chi connectivity index (χ2n) is 4.06. The van der Waals surface area contributed by atoms with Crippen molar-refractivity contribution in [1.29, 1.82) is 0 Å². The Labute approximate surface area is 109 Å². The van der Waals surface area contributed by atoms with Crippen LogP contribution in [0.15, 0.2) is 40.3 Å². The van der Waals surface area contributed by atoms with E-state index in [1.165, 1.54) is 0 Å². The molecular weight excluding hydrogens is 246 g/mol. The molecule has 0 fully saturated rings. The Morgan fingerprint density at radius 1 is 1.33 bits per heavy atom. The molecule has 0 spiro atoms. The molecular formula is C13H13N3OS. The lowest BCUT2D eigenvalue weighted by Crippen LogP contribution is -2.20. The number of aromatic nitrogens is 2. The van der Waals surface area contributed by atoms with Gasteiger partial charge in [0.25, 0.3) is 6.01 Å². The van der Waals surface area contributed by atoms with Crippen LogP contribution in [0.25, 0.3) is 11.1 Å². The number of likely N-dealkylation sites (N-methyl/N-ethyl adjacent to an activating group) is 1. The van der Waals surface area contributed by atoms with E-state index in [0.29, 0.717) is 6.01 Å². The van der Waals surface area contributed by atoms with Crippen molar-refractivity contribution in [1.82, 2.24) is 9.97 Å². The van der Waals surface area contributed by atoms with E-state index < -0.39 is 0 Å². The highest BCUT2D eigenvalue weighted by molar-refractivity contribution is 7.09.